The van der Waals surface area contributed by atoms with Gasteiger partial charge in [0.15, 0.2) is 11.6 Å². The summed E-state index contributed by atoms with van der Waals surface area (Å²) in [5.41, 5.74) is -1.53. The van der Waals surface area contributed by atoms with Crippen molar-refractivity contribution in [3.8, 4) is 0 Å². The predicted molar refractivity (Wildman–Crippen MR) is 61.5 cm³/mol. The third-order valence-corrected chi connectivity index (χ3v) is 2.49. The Morgan fingerprint density at radius 2 is 2.06 bits per heavy atom. The highest BCUT2D eigenvalue weighted by Gasteiger charge is 2.25. The molecule has 0 heterocycles. The highest BCUT2D eigenvalue weighted by molar-refractivity contribution is 6.35. The Kier molecular flexibility index (Phi) is 4.18. The smallest absolute Gasteiger partial charge is 0.293 e. The number of nitrogens with zero attached hydrogens (tertiary/aromatic N) is 1. The number of hydrogen-bond acceptors (Lipinski definition) is 3. The van der Waals surface area contributed by atoms with Crippen molar-refractivity contribution < 1.29 is 18.5 Å². The average Bonchev–Trinajstić information content (AvgIpc) is 2.28. The van der Waals surface area contributed by atoms with Gasteiger partial charge in [-0.2, -0.15) is 0 Å². The lowest BCUT2D eigenvalue weighted by molar-refractivity contribution is -0.384. The average molecular weight is 279 g/mol. The van der Waals surface area contributed by atoms with Crippen LogP contribution in [0.25, 0.3) is 0 Å². The number of benzene rings is 1. The number of carbonyl (C=O) groups excluding carboxylic acids is 1. The van der Waals surface area contributed by atoms with E-state index in [0.29, 0.717) is 6.07 Å². The summed E-state index contributed by atoms with van der Waals surface area (Å²) in [6.45, 7) is 3.05. The molecule has 1 aromatic carbocycles. The molecule has 18 heavy (non-hydrogen) atoms. The number of rotatable bonds is 3. The molecule has 1 rings (SSSR count). The second-order valence-corrected chi connectivity index (χ2v) is 4.16. The first-order chi connectivity index (χ1) is 8.25. The molecule has 0 aromatic heterocycles. The van der Waals surface area contributed by atoms with E-state index < -0.39 is 44.8 Å². The molecule has 0 saturated carbocycles. The molecule has 1 N–H and O–H groups in total. The molecule has 8 heteroatoms. The second kappa shape index (κ2) is 5.26. The summed E-state index contributed by atoms with van der Waals surface area (Å²) in [6.07, 6.45) is 0. The van der Waals surface area contributed by atoms with Gasteiger partial charge in [0.2, 0.25) is 5.91 Å². The van der Waals surface area contributed by atoms with E-state index >= 15 is 0 Å². The third-order valence-electron chi connectivity index (χ3n) is 2.11. The van der Waals surface area contributed by atoms with Crippen molar-refractivity contribution in [2.45, 2.75) is 13.8 Å². The van der Waals surface area contributed by atoms with Gasteiger partial charge in [0, 0.05) is 5.92 Å². The Bertz CT molecular complexity index is 520. The molecule has 0 fully saturated rings. The zero-order chi connectivity index (χ0) is 14.0. The molecular weight excluding hydrogens is 270 g/mol. The van der Waals surface area contributed by atoms with E-state index in [1.807, 2.05) is 5.32 Å². The summed E-state index contributed by atoms with van der Waals surface area (Å²) in [4.78, 5) is 21.0. The van der Waals surface area contributed by atoms with E-state index in [0.717, 1.165) is 0 Å². The minimum absolute atomic E-state index is 0.364. The summed E-state index contributed by atoms with van der Waals surface area (Å²) < 4.78 is 26.6. The van der Waals surface area contributed by atoms with Gasteiger partial charge in [0.1, 0.15) is 10.7 Å². The van der Waals surface area contributed by atoms with E-state index in [2.05, 4.69) is 0 Å². The number of nitro groups is 1. The molecule has 0 radical (unpaired) electrons. The zero-order valence-electron chi connectivity index (χ0n) is 9.46. The normalized spacial score (nSPS) is 10.6. The fraction of sp³-hybridized carbons (Fsp3) is 0.300. The van der Waals surface area contributed by atoms with Crippen LogP contribution < -0.4 is 5.32 Å². The predicted octanol–water partition coefficient (Wildman–Crippen LogP) is 3.12. The summed E-state index contributed by atoms with van der Waals surface area (Å²) >= 11 is 5.57. The van der Waals surface area contributed by atoms with Gasteiger partial charge in [0.05, 0.1) is 11.0 Å². The van der Waals surface area contributed by atoms with Gasteiger partial charge in [-0.25, -0.2) is 8.78 Å². The summed E-state index contributed by atoms with van der Waals surface area (Å²) in [6, 6.07) is 0.364. The highest BCUT2D eigenvalue weighted by Crippen LogP contribution is 2.35. The van der Waals surface area contributed by atoms with Gasteiger partial charge >= 0.3 is 0 Å². The van der Waals surface area contributed by atoms with Crippen LogP contribution in [-0.4, -0.2) is 10.8 Å². The van der Waals surface area contributed by atoms with E-state index in [9.17, 15) is 23.7 Å². The molecule has 0 unspecified atom stereocenters. The molecule has 98 valence electrons. The first-order valence-corrected chi connectivity index (χ1v) is 5.26. The molecule has 0 aliphatic rings. The third kappa shape index (κ3) is 2.73. The van der Waals surface area contributed by atoms with Crippen molar-refractivity contribution in [1.29, 1.82) is 0 Å². The number of halogens is 3. The van der Waals surface area contributed by atoms with Crippen molar-refractivity contribution >= 4 is 28.9 Å². The Morgan fingerprint density at radius 1 is 1.50 bits per heavy atom. The lowest BCUT2D eigenvalue weighted by Gasteiger charge is -2.10. The topological polar surface area (TPSA) is 72.2 Å². The van der Waals surface area contributed by atoms with Crippen LogP contribution in [0.2, 0.25) is 5.02 Å². The van der Waals surface area contributed by atoms with Crippen LogP contribution in [-0.2, 0) is 4.79 Å². The molecule has 0 aliphatic heterocycles. The Labute approximate surface area is 106 Å². The van der Waals surface area contributed by atoms with Crippen LogP contribution in [0.1, 0.15) is 13.8 Å². The molecule has 1 amide bonds. The Morgan fingerprint density at radius 3 is 2.50 bits per heavy atom. The molecule has 0 atom stereocenters. The van der Waals surface area contributed by atoms with Crippen molar-refractivity contribution in [3.63, 3.8) is 0 Å². The standard InChI is InChI=1S/C10H9ClF2N2O3/c1-4(2)10(16)14-9-7(11)6(15(17)18)3-5(12)8(9)13/h3-4H,1-2H3,(H,14,16). The van der Waals surface area contributed by atoms with Crippen molar-refractivity contribution in [3.05, 3.63) is 32.8 Å². The van der Waals surface area contributed by atoms with Gasteiger partial charge in [-0.3, -0.25) is 14.9 Å². The molecule has 0 aliphatic carbocycles. The molecule has 0 spiro atoms. The van der Waals surface area contributed by atoms with Crippen LogP contribution in [0.3, 0.4) is 0 Å². The van der Waals surface area contributed by atoms with E-state index in [1.54, 1.807) is 0 Å². The largest absolute Gasteiger partial charge is 0.322 e. The quantitative estimate of drug-likeness (QED) is 0.524. The van der Waals surface area contributed by atoms with Crippen molar-refractivity contribution in [1.82, 2.24) is 0 Å². The van der Waals surface area contributed by atoms with Crippen molar-refractivity contribution in [2.75, 3.05) is 5.32 Å². The maximum Gasteiger partial charge on any atom is 0.293 e. The number of hydrogen-bond donors (Lipinski definition) is 1. The van der Waals surface area contributed by atoms with E-state index in [1.165, 1.54) is 13.8 Å². The summed E-state index contributed by atoms with van der Waals surface area (Å²) in [5, 5.41) is 12.0. The maximum atomic E-state index is 13.4. The van der Waals surface area contributed by atoms with Gasteiger partial charge in [-0.15, -0.1) is 0 Å². The first-order valence-electron chi connectivity index (χ1n) is 4.88. The lowest BCUT2D eigenvalue weighted by atomic mass is 10.2. The van der Waals surface area contributed by atoms with Crippen LogP contribution in [0, 0.1) is 27.7 Å². The maximum absolute atomic E-state index is 13.4. The van der Waals surface area contributed by atoms with Gasteiger partial charge in [-0.1, -0.05) is 25.4 Å². The van der Waals surface area contributed by atoms with Gasteiger partial charge in [-0.05, 0) is 0 Å². The monoisotopic (exact) mass is 278 g/mol. The number of amides is 1. The van der Waals surface area contributed by atoms with E-state index in [-0.39, 0.29) is 0 Å². The van der Waals surface area contributed by atoms with Crippen LogP contribution in [0.15, 0.2) is 6.07 Å². The van der Waals surface area contributed by atoms with E-state index in [4.69, 9.17) is 11.6 Å². The second-order valence-electron chi connectivity index (χ2n) is 3.78. The van der Waals surface area contributed by atoms with Crippen molar-refractivity contribution in [2.24, 2.45) is 5.92 Å². The fourth-order valence-electron chi connectivity index (χ4n) is 1.10. The minimum atomic E-state index is -1.45. The molecule has 5 nitrogen and oxygen atoms in total. The number of nitrogens with one attached hydrogen (secondary N) is 1. The minimum Gasteiger partial charge on any atom is -0.322 e. The summed E-state index contributed by atoms with van der Waals surface area (Å²) in [7, 11) is 0. The zero-order valence-corrected chi connectivity index (χ0v) is 10.2. The molecular formula is C10H9ClF2N2O3. The summed E-state index contributed by atoms with van der Waals surface area (Å²) in [5.74, 6) is -4.02. The molecule has 1 aromatic rings. The Balaban J connectivity index is 3.33. The molecule has 0 saturated heterocycles. The lowest BCUT2D eigenvalue weighted by Crippen LogP contribution is -2.19. The van der Waals surface area contributed by atoms with Gasteiger partial charge in [0.25, 0.3) is 5.69 Å². The van der Waals surface area contributed by atoms with Gasteiger partial charge < -0.3 is 5.32 Å². The van der Waals surface area contributed by atoms with Crippen LogP contribution in [0.4, 0.5) is 20.2 Å². The molecule has 0 bridgehead atoms. The fourth-order valence-corrected chi connectivity index (χ4v) is 1.35. The van der Waals surface area contributed by atoms with Crippen LogP contribution >= 0.6 is 11.6 Å². The number of anilines is 1. The number of nitro benzene ring substituents is 1. The Hall–Kier alpha value is -1.76. The highest BCUT2D eigenvalue weighted by atomic mass is 35.5. The first kappa shape index (κ1) is 14.3. The number of carbonyl (C=O) groups is 1. The van der Waals surface area contributed by atoms with Crippen LogP contribution in [0.5, 0.6) is 0 Å². The SMILES string of the molecule is CC(C)C(=O)Nc1c(F)c(F)cc([N+](=O)[O-])c1Cl.